The summed E-state index contributed by atoms with van der Waals surface area (Å²) in [4.78, 5) is 29.8. The van der Waals surface area contributed by atoms with E-state index in [1.54, 1.807) is 0 Å². The lowest BCUT2D eigenvalue weighted by Gasteiger charge is -2.32. The van der Waals surface area contributed by atoms with Crippen molar-refractivity contribution in [2.45, 2.75) is 45.3 Å². The number of carboxylic acid groups (broad SMARTS) is 1. The van der Waals surface area contributed by atoms with Crippen molar-refractivity contribution in [2.75, 3.05) is 6.54 Å². The molecule has 1 aliphatic heterocycles. The molecule has 7 heteroatoms. The smallest absolute Gasteiger partial charge is 0.326 e. The largest absolute Gasteiger partial charge is 0.486 e. The number of hydrogen-bond acceptors (Lipinski definition) is 5. The molecule has 0 bridgehead atoms. The van der Waals surface area contributed by atoms with Gasteiger partial charge in [0.05, 0.1) is 12.1 Å². The van der Waals surface area contributed by atoms with Crippen LogP contribution in [0.25, 0.3) is 0 Å². The van der Waals surface area contributed by atoms with E-state index in [1.807, 2.05) is 36.6 Å². The minimum absolute atomic E-state index is 0.130. The Hall–Kier alpha value is -2.41. The molecule has 1 N–H and O–H groups in total. The highest BCUT2D eigenvalue weighted by Crippen LogP contribution is 2.20. The first-order valence-electron chi connectivity index (χ1n) is 8.68. The summed E-state index contributed by atoms with van der Waals surface area (Å²) >= 11 is 1.44. The minimum Gasteiger partial charge on any atom is -0.486 e. The molecule has 1 saturated heterocycles. The summed E-state index contributed by atoms with van der Waals surface area (Å²) in [6.45, 7) is 2.87. The lowest BCUT2D eigenvalue weighted by atomic mass is 10.0. The highest BCUT2D eigenvalue weighted by molar-refractivity contribution is 7.09. The molecule has 0 saturated carbocycles. The zero-order valence-electron chi connectivity index (χ0n) is 14.7. The first-order valence-corrected chi connectivity index (χ1v) is 9.56. The van der Waals surface area contributed by atoms with E-state index in [-0.39, 0.29) is 12.3 Å². The van der Waals surface area contributed by atoms with Gasteiger partial charge in [0, 0.05) is 11.9 Å². The molecule has 3 rings (SSSR count). The molecule has 1 aromatic heterocycles. The van der Waals surface area contributed by atoms with Gasteiger partial charge in [0.2, 0.25) is 5.91 Å². The number of carbonyl (C=O) groups excluding carboxylic acids is 1. The predicted molar refractivity (Wildman–Crippen MR) is 98.3 cm³/mol. The quantitative estimate of drug-likeness (QED) is 0.841. The van der Waals surface area contributed by atoms with E-state index >= 15 is 0 Å². The summed E-state index contributed by atoms with van der Waals surface area (Å²) < 4.78 is 5.71. The molecule has 1 fully saturated rings. The number of aromatic nitrogens is 1. The Bertz CT molecular complexity index is 772. The fourth-order valence-electron chi connectivity index (χ4n) is 3.02. The van der Waals surface area contributed by atoms with Crippen molar-refractivity contribution < 1.29 is 19.4 Å². The van der Waals surface area contributed by atoms with Gasteiger partial charge in [-0.2, -0.15) is 0 Å². The van der Waals surface area contributed by atoms with Gasteiger partial charge in [-0.3, -0.25) is 4.79 Å². The second kappa shape index (κ2) is 8.31. The molecule has 1 amide bonds. The zero-order chi connectivity index (χ0) is 18.5. The highest BCUT2D eigenvalue weighted by Gasteiger charge is 2.31. The normalized spacial score (nSPS) is 17.1. The van der Waals surface area contributed by atoms with Crippen LogP contribution >= 0.6 is 11.3 Å². The molecule has 2 heterocycles. The van der Waals surface area contributed by atoms with Crippen LogP contribution in [0.2, 0.25) is 0 Å². The van der Waals surface area contributed by atoms with E-state index in [1.165, 1.54) is 21.8 Å². The van der Waals surface area contributed by atoms with Gasteiger partial charge < -0.3 is 14.7 Å². The number of aliphatic carboxylic acids is 1. The van der Waals surface area contributed by atoms with E-state index in [0.717, 1.165) is 23.6 Å². The van der Waals surface area contributed by atoms with E-state index in [2.05, 4.69) is 4.98 Å². The number of hydrogen-bond donors (Lipinski definition) is 1. The van der Waals surface area contributed by atoms with Crippen LogP contribution in [0.4, 0.5) is 0 Å². The van der Waals surface area contributed by atoms with Gasteiger partial charge in [0.15, 0.2) is 0 Å². The number of nitrogens with zero attached hydrogens (tertiary/aromatic N) is 2. The van der Waals surface area contributed by atoms with E-state index in [4.69, 9.17) is 4.74 Å². The standard InChI is InChI=1S/C19H22N2O4S/c1-13-5-7-15(8-6-13)25-11-17-20-14(12-26-17)10-18(22)21-9-3-2-4-16(21)19(23)24/h5-8,12,16H,2-4,9-11H2,1H3,(H,23,24). The average Bonchev–Trinajstić information content (AvgIpc) is 3.08. The summed E-state index contributed by atoms with van der Waals surface area (Å²) in [5.74, 6) is -0.321. The summed E-state index contributed by atoms with van der Waals surface area (Å²) in [6, 6.07) is 7.09. The molecule has 6 nitrogen and oxygen atoms in total. The molecule has 26 heavy (non-hydrogen) atoms. The minimum atomic E-state index is -0.927. The third-order valence-corrected chi connectivity index (χ3v) is 5.29. The van der Waals surface area contributed by atoms with Crippen LogP contribution in [0.1, 0.15) is 35.5 Å². The third-order valence-electron chi connectivity index (χ3n) is 4.42. The summed E-state index contributed by atoms with van der Waals surface area (Å²) in [5, 5.41) is 11.9. The Morgan fingerprint density at radius 2 is 2.08 bits per heavy atom. The number of carbonyl (C=O) groups is 2. The van der Waals surface area contributed by atoms with Crippen LogP contribution in [-0.4, -0.2) is 39.5 Å². The molecular formula is C19H22N2O4S. The summed E-state index contributed by atoms with van der Waals surface area (Å²) in [6.07, 6.45) is 2.35. The molecular weight excluding hydrogens is 352 g/mol. The Labute approximate surface area is 156 Å². The fourth-order valence-corrected chi connectivity index (χ4v) is 3.72. The molecule has 1 aliphatic rings. The Balaban J connectivity index is 1.56. The molecule has 1 aromatic carbocycles. The molecule has 1 unspecified atom stereocenters. The molecule has 2 aromatic rings. The van der Waals surface area contributed by atoms with E-state index in [0.29, 0.717) is 25.3 Å². The van der Waals surface area contributed by atoms with Crippen molar-refractivity contribution in [1.29, 1.82) is 0 Å². The lowest BCUT2D eigenvalue weighted by Crippen LogP contribution is -2.48. The van der Waals surface area contributed by atoms with Gasteiger partial charge in [-0.25, -0.2) is 9.78 Å². The molecule has 0 radical (unpaired) electrons. The Morgan fingerprint density at radius 1 is 1.31 bits per heavy atom. The number of rotatable bonds is 6. The third kappa shape index (κ3) is 4.60. The summed E-state index contributed by atoms with van der Waals surface area (Å²) in [5.41, 5.74) is 1.84. The number of ether oxygens (including phenoxy) is 1. The monoisotopic (exact) mass is 374 g/mol. The van der Waals surface area contributed by atoms with Crippen molar-refractivity contribution >= 4 is 23.2 Å². The Morgan fingerprint density at radius 3 is 2.81 bits per heavy atom. The van der Waals surface area contributed by atoms with Crippen LogP contribution < -0.4 is 4.74 Å². The molecule has 0 spiro atoms. The van der Waals surface area contributed by atoms with Crippen LogP contribution in [-0.2, 0) is 22.6 Å². The van der Waals surface area contributed by atoms with Crippen molar-refractivity contribution in [3.8, 4) is 5.75 Å². The van der Waals surface area contributed by atoms with Gasteiger partial charge in [0.1, 0.15) is 23.4 Å². The molecule has 1 atom stereocenters. The van der Waals surface area contributed by atoms with Gasteiger partial charge in [-0.05, 0) is 38.3 Å². The maximum Gasteiger partial charge on any atom is 0.326 e. The summed E-state index contributed by atoms with van der Waals surface area (Å²) in [7, 11) is 0. The van der Waals surface area contributed by atoms with Crippen molar-refractivity contribution in [3.05, 3.63) is 45.9 Å². The number of amides is 1. The second-order valence-corrected chi connectivity index (χ2v) is 7.39. The zero-order valence-corrected chi connectivity index (χ0v) is 15.5. The number of carboxylic acids is 1. The predicted octanol–water partition coefficient (Wildman–Crippen LogP) is 3.04. The SMILES string of the molecule is Cc1ccc(OCc2nc(CC(=O)N3CCCCC3C(=O)O)cs2)cc1. The number of likely N-dealkylation sites (tertiary alicyclic amines) is 1. The highest BCUT2D eigenvalue weighted by atomic mass is 32.1. The van der Waals surface area contributed by atoms with Gasteiger partial charge in [-0.15, -0.1) is 11.3 Å². The second-order valence-electron chi connectivity index (χ2n) is 6.45. The average molecular weight is 374 g/mol. The number of benzene rings is 1. The fraction of sp³-hybridized carbons (Fsp3) is 0.421. The van der Waals surface area contributed by atoms with Crippen molar-refractivity contribution in [3.63, 3.8) is 0 Å². The van der Waals surface area contributed by atoms with Crippen LogP contribution in [0, 0.1) is 6.92 Å². The van der Waals surface area contributed by atoms with Crippen molar-refractivity contribution in [1.82, 2.24) is 9.88 Å². The first kappa shape index (κ1) is 18.4. The molecule has 138 valence electrons. The Kier molecular flexibility index (Phi) is 5.88. The molecule has 0 aliphatic carbocycles. The van der Waals surface area contributed by atoms with Gasteiger partial charge >= 0.3 is 5.97 Å². The van der Waals surface area contributed by atoms with Crippen molar-refractivity contribution in [2.24, 2.45) is 0 Å². The number of piperidine rings is 1. The topological polar surface area (TPSA) is 79.7 Å². The van der Waals surface area contributed by atoms with Crippen LogP contribution in [0.5, 0.6) is 5.75 Å². The maximum absolute atomic E-state index is 12.5. The van der Waals surface area contributed by atoms with Gasteiger partial charge in [0.25, 0.3) is 0 Å². The van der Waals surface area contributed by atoms with E-state index < -0.39 is 12.0 Å². The number of aryl methyl sites for hydroxylation is 1. The van der Waals surface area contributed by atoms with Crippen LogP contribution in [0.3, 0.4) is 0 Å². The maximum atomic E-state index is 12.5. The lowest BCUT2D eigenvalue weighted by molar-refractivity contribution is -0.151. The first-order chi connectivity index (χ1) is 12.5. The van der Waals surface area contributed by atoms with E-state index in [9.17, 15) is 14.7 Å². The van der Waals surface area contributed by atoms with Gasteiger partial charge in [-0.1, -0.05) is 17.7 Å². The van der Waals surface area contributed by atoms with Crippen LogP contribution in [0.15, 0.2) is 29.6 Å². The number of thiazole rings is 1.